The van der Waals surface area contributed by atoms with Crippen LogP contribution < -0.4 is 0 Å². The van der Waals surface area contributed by atoms with Crippen molar-refractivity contribution in [2.24, 2.45) is 5.92 Å². The van der Waals surface area contributed by atoms with Crippen LogP contribution in [0.15, 0.2) is 24.3 Å². The molecule has 0 heterocycles. The largest absolute Gasteiger partial charge is 0.389 e. The summed E-state index contributed by atoms with van der Waals surface area (Å²) in [4.78, 5) is 10.1. The van der Waals surface area contributed by atoms with E-state index in [0.717, 1.165) is 25.5 Å². The number of rotatable bonds is 8. The lowest BCUT2D eigenvalue weighted by Gasteiger charge is -2.24. The Morgan fingerprint density at radius 2 is 1.78 bits per heavy atom. The van der Waals surface area contributed by atoms with Crippen molar-refractivity contribution in [1.29, 1.82) is 0 Å². The SMILES string of the molecule is O=CCCCC/C=C/C=C/C(O)C1CCCCC1. The average Bonchev–Trinajstić information content (AvgIpc) is 2.42. The van der Waals surface area contributed by atoms with E-state index in [1.54, 1.807) is 0 Å². The maximum absolute atomic E-state index is 10.1. The summed E-state index contributed by atoms with van der Waals surface area (Å²) in [5.41, 5.74) is 0. The molecule has 1 fully saturated rings. The van der Waals surface area contributed by atoms with Crippen molar-refractivity contribution in [2.45, 2.75) is 63.9 Å². The van der Waals surface area contributed by atoms with Gasteiger partial charge in [0.1, 0.15) is 6.29 Å². The Labute approximate surface area is 111 Å². The molecule has 0 aromatic heterocycles. The zero-order valence-corrected chi connectivity index (χ0v) is 11.3. The van der Waals surface area contributed by atoms with Crippen LogP contribution in [-0.4, -0.2) is 17.5 Å². The average molecular weight is 250 g/mol. The van der Waals surface area contributed by atoms with Crippen LogP contribution in [-0.2, 0) is 4.79 Å². The highest BCUT2D eigenvalue weighted by atomic mass is 16.3. The Morgan fingerprint density at radius 1 is 1.06 bits per heavy atom. The van der Waals surface area contributed by atoms with Gasteiger partial charge in [0.25, 0.3) is 0 Å². The Balaban J connectivity index is 2.10. The fourth-order valence-corrected chi connectivity index (χ4v) is 2.48. The fourth-order valence-electron chi connectivity index (χ4n) is 2.48. The number of aldehydes is 1. The lowest BCUT2D eigenvalue weighted by Crippen LogP contribution is -2.20. The van der Waals surface area contributed by atoms with E-state index in [4.69, 9.17) is 0 Å². The number of allylic oxidation sites excluding steroid dienone is 3. The molecular weight excluding hydrogens is 224 g/mol. The van der Waals surface area contributed by atoms with Crippen LogP contribution in [0.25, 0.3) is 0 Å². The molecule has 2 nitrogen and oxygen atoms in total. The van der Waals surface area contributed by atoms with Crippen LogP contribution in [0.4, 0.5) is 0 Å². The summed E-state index contributed by atoms with van der Waals surface area (Å²) in [6.07, 6.45) is 18.6. The Morgan fingerprint density at radius 3 is 2.50 bits per heavy atom. The van der Waals surface area contributed by atoms with E-state index in [1.165, 1.54) is 32.1 Å². The summed E-state index contributed by atoms with van der Waals surface area (Å²) in [5.74, 6) is 0.469. The van der Waals surface area contributed by atoms with Gasteiger partial charge in [-0.25, -0.2) is 0 Å². The normalized spacial score (nSPS) is 19.6. The predicted octanol–water partition coefficient (Wildman–Crippen LogP) is 3.80. The molecule has 1 N–H and O–H groups in total. The van der Waals surface area contributed by atoms with Gasteiger partial charge in [-0.1, -0.05) is 43.6 Å². The van der Waals surface area contributed by atoms with Crippen LogP contribution >= 0.6 is 0 Å². The van der Waals surface area contributed by atoms with Gasteiger partial charge in [0, 0.05) is 6.42 Å². The molecule has 0 bridgehead atoms. The lowest BCUT2D eigenvalue weighted by atomic mass is 9.85. The first-order valence-electron chi connectivity index (χ1n) is 7.29. The van der Waals surface area contributed by atoms with E-state index >= 15 is 0 Å². The molecule has 1 saturated carbocycles. The lowest BCUT2D eigenvalue weighted by molar-refractivity contribution is -0.107. The topological polar surface area (TPSA) is 37.3 Å². The number of unbranched alkanes of at least 4 members (excludes halogenated alkanes) is 3. The van der Waals surface area contributed by atoms with Gasteiger partial charge in [-0.05, 0) is 38.0 Å². The smallest absolute Gasteiger partial charge is 0.119 e. The van der Waals surface area contributed by atoms with E-state index in [2.05, 4.69) is 6.08 Å². The minimum Gasteiger partial charge on any atom is -0.389 e. The van der Waals surface area contributed by atoms with Crippen LogP contribution in [0.2, 0.25) is 0 Å². The van der Waals surface area contributed by atoms with Crippen molar-refractivity contribution in [2.75, 3.05) is 0 Å². The molecule has 0 aromatic carbocycles. The second-order valence-corrected chi connectivity index (χ2v) is 5.15. The van der Waals surface area contributed by atoms with Gasteiger partial charge in [0.05, 0.1) is 6.10 Å². The first-order valence-corrected chi connectivity index (χ1v) is 7.29. The third-order valence-corrected chi connectivity index (χ3v) is 3.63. The van der Waals surface area contributed by atoms with Crippen molar-refractivity contribution in [3.05, 3.63) is 24.3 Å². The summed E-state index contributed by atoms with van der Waals surface area (Å²) in [6, 6.07) is 0. The standard InChI is InChI=1S/C16H26O2/c17-14-10-5-3-1-2-4-9-13-16(18)15-11-7-6-8-12-15/h2,4,9,13-16,18H,1,3,5-8,10-12H2/b4-2+,13-9+. The van der Waals surface area contributed by atoms with E-state index < -0.39 is 0 Å². The number of hydrogen-bond donors (Lipinski definition) is 1. The maximum atomic E-state index is 10.1. The summed E-state index contributed by atoms with van der Waals surface area (Å²) >= 11 is 0. The van der Waals surface area contributed by atoms with E-state index in [-0.39, 0.29) is 6.10 Å². The molecule has 1 rings (SSSR count). The van der Waals surface area contributed by atoms with Gasteiger partial charge < -0.3 is 9.90 Å². The number of hydrogen-bond acceptors (Lipinski definition) is 2. The predicted molar refractivity (Wildman–Crippen MR) is 75.4 cm³/mol. The van der Waals surface area contributed by atoms with Crippen LogP contribution in [0, 0.1) is 5.92 Å². The van der Waals surface area contributed by atoms with Crippen molar-refractivity contribution in [3.63, 3.8) is 0 Å². The summed E-state index contributed by atoms with van der Waals surface area (Å²) in [5, 5.41) is 9.99. The summed E-state index contributed by atoms with van der Waals surface area (Å²) in [7, 11) is 0. The Bertz CT molecular complexity index is 262. The first kappa shape index (κ1) is 15.2. The van der Waals surface area contributed by atoms with E-state index in [1.807, 2.05) is 18.2 Å². The van der Waals surface area contributed by atoms with Crippen molar-refractivity contribution in [1.82, 2.24) is 0 Å². The Kier molecular flexibility index (Phi) is 8.49. The molecule has 1 aliphatic carbocycles. The van der Waals surface area contributed by atoms with Crippen molar-refractivity contribution < 1.29 is 9.90 Å². The molecular formula is C16H26O2. The second kappa shape index (κ2) is 10.1. The van der Waals surface area contributed by atoms with Gasteiger partial charge >= 0.3 is 0 Å². The molecule has 0 spiro atoms. The van der Waals surface area contributed by atoms with Crippen LogP contribution in [0.3, 0.4) is 0 Å². The summed E-state index contributed by atoms with van der Waals surface area (Å²) < 4.78 is 0. The number of aliphatic hydroxyl groups excluding tert-OH is 1. The number of aliphatic hydroxyl groups is 1. The van der Waals surface area contributed by atoms with Gasteiger partial charge in [0.15, 0.2) is 0 Å². The molecule has 0 aliphatic heterocycles. The Hall–Kier alpha value is -0.890. The molecule has 0 aromatic rings. The third-order valence-electron chi connectivity index (χ3n) is 3.63. The third kappa shape index (κ3) is 6.75. The molecule has 0 saturated heterocycles. The first-order chi connectivity index (χ1) is 8.84. The highest BCUT2D eigenvalue weighted by molar-refractivity contribution is 5.48. The van der Waals surface area contributed by atoms with Gasteiger partial charge in [0.2, 0.25) is 0 Å². The molecule has 1 unspecified atom stereocenters. The second-order valence-electron chi connectivity index (χ2n) is 5.15. The quantitative estimate of drug-likeness (QED) is 0.404. The van der Waals surface area contributed by atoms with Crippen molar-refractivity contribution >= 4 is 6.29 Å². The van der Waals surface area contributed by atoms with Crippen LogP contribution in [0.1, 0.15) is 57.8 Å². The van der Waals surface area contributed by atoms with Gasteiger partial charge in [-0.2, -0.15) is 0 Å². The molecule has 0 radical (unpaired) electrons. The monoisotopic (exact) mass is 250 g/mol. The van der Waals surface area contributed by atoms with Crippen LogP contribution in [0.5, 0.6) is 0 Å². The van der Waals surface area contributed by atoms with Gasteiger partial charge in [-0.3, -0.25) is 0 Å². The van der Waals surface area contributed by atoms with E-state index in [0.29, 0.717) is 12.3 Å². The fraction of sp³-hybridized carbons (Fsp3) is 0.688. The molecule has 1 atom stereocenters. The molecule has 0 amide bonds. The highest BCUT2D eigenvalue weighted by Gasteiger charge is 2.18. The minimum absolute atomic E-state index is 0.273. The number of carbonyl (C=O) groups is 1. The van der Waals surface area contributed by atoms with Crippen molar-refractivity contribution in [3.8, 4) is 0 Å². The zero-order chi connectivity index (χ0) is 13.1. The molecule has 1 aliphatic rings. The zero-order valence-electron chi connectivity index (χ0n) is 11.3. The van der Waals surface area contributed by atoms with Gasteiger partial charge in [-0.15, -0.1) is 0 Å². The minimum atomic E-state index is -0.273. The summed E-state index contributed by atoms with van der Waals surface area (Å²) in [6.45, 7) is 0. The maximum Gasteiger partial charge on any atom is 0.119 e. The van der Waals surface area contributed by atoms with E-state index in [9.17, 15) is 9.90 Å². The molecule has 18 heavy (non-hydrogen) atoms. The molecule has 2 heteroatoms. The highest BCUT2D eigenvalue weighted by Crippen LogP contribution is 2.26. The number of carbonyl (C=O) groups excluding carboxylic acids is 1. The molecule has 102 valence electrons.